The van der Waals surface area contributed by atoms with Crippen molar-refractivity contribution in [3.63, 3.8) is 0 Å². The number of hydrogen-bond donors (Lipinski definition) is 1. The number of esters is 1. The Morgan fingerprint density at radius 2 is 2.24 bits per heavy atom. The molecular weight excluding hydrogens is 322 g/mol. The number of amides is 2. The van der Waals surface area contributed by atoms with Gasteiger partial charge in [0.2, 0.25) is 0 Å². The largest absolute Gasteiger partial charge is 0.460 e. The van der Waals surface area contributed by atoms with E-state index in [1.54, 1.807) is 21.8 Å². The number of hydrogen-bond acceptors (Lipinski definition) is 5. The Morgan fingerprint density at radius 3 is 2.92 bits per heavy atom. The highest BCUT2D eigenvalue weighted by Crippen LogP contribution is 2.21. The number of nitrogens with one attached hydrogen (secondary N) is 1. The van der Waals surface area contributed by atoms with Crippen molar-refractivity contribution in [1.29, 1.82) is 5.26 Å². The number of rotatable bonds is 4. The van der Waals surface area contributed by atoms with Crippen LogP contribution in [0.25, 0.3) is 0 Å². The highest BCUT2D eigenvalue weighted by Gasteiger charge is 2.31. The Kier molecular flexibility index (Phi) is 6.02. The first-order valence-electron chi connectivity index (χ1n) is 8.47. The zero-order valence-corrected chi connectivity index (χ0v) is 15.0. The van der Waals surface area contributed by atoms with Crippen molar-refractivity contribution in [1.82, 2.24) is 14.7 Å². The van der Waals surface area contributed by atoms with Crippen molar-refractivity contribution in [3.8, 4) is 6.07 Å². The molecule has 1 fully saturated rings. The molecule has 1 aromatic heterocycles. The average Bonchev–Trinajstić information content (AvgIpc) is 2.99. The molecule has 8 nitrogen and oxygen atoms in total. The summed E-state index contributed by atoms with van der Waals surface area (Å²) in [7, 11) is 0. The minimum Gasteiger partial charge on any atom is -0.460 e. The van der Waals surface area contributed by atoms with Crippen LogP contribution in [0.5, 0.6) is 0 Å². The number of carbonyl (C=O) groups is 2. The molecule has 2 heterocycles. The van der Waals surface area contributed by atoms with E-state index in [9.17, 15) is 9.59 Å². The number of urea groups is 1. The third-order valence-electron chi connectivity index (χ3n) is 3.78. The maximum atomic E-state index is 12.4. The molecule has 1 atom stereocenters. The van der Waals surface area contributed by atoms with Gasteiger partial charge in [-0.15, -0.1) is 0 Å². The zero-order valence-electron chi connectivity index (χ0n) is 15.0. The first kappa shape index (κ1) is 18.8. The summed E-state index contributed by atoms with van der Waals surface area (Å²) in [5, 5.41) is 15.5. The number of nitrogens with zero attached hydrogens (tertiary/aromatic N) is 4. The molecule has 2 amide bonds. The number of nitriles is 1. The van der Waals surface area contributed by atoms with Crippen molar-refractivity contribution in [2.45, 2.75) is 52.2 Å². The fourth-order valence-electron chi connectivity index (χ4n) is 2.65. The van der Waals surface area contributed by atoms with Crippen LogP contribution in [-0.4, -0.2) is 45.4 Å². The molecular formula is C17H25N5O3. The topological polar surface area (TPSA) is 100 Å². The molecule has 8 heteroatoms. The first-order valence-corrected chi connectivity index (χ1v) is 8.47. The van der Waals surface area contributed by atoms with Gasteiger partial charge in [0, 0.05) is 25.4 Å². The number of anilines is 1. The molecule has 1 N–H and O–H groups in total. The quantitative estimate of drug-likeness (QED) is 0.843. The van der Waals surface area contributed by atoms with Crippen LogP contribution >= 0.6 is 0 Å². The predicted octanol–water partition coefficient (Wildman–Crippen LogP) is 2.38. The Labute approximate surface area is 147 Å². The molecule has 1 saturated heterocycles. The van der Waals surface area contributed by atoms with Crippen LogP contribution in [-0.2, 0) is 16.1 Å². The van der Waals surface area contributed by atoms with E-state index < -0.39 is 5.60 Å². The van der Waals surface area contributed by atoms with Gasteiger partial charge in [0.25, 0.3) is 0 Å². The van der Waals surface area contributed by atoms with Gasteiger partial charge in [-0.25, -0.2) is 4.79 Å². The summed E-state index contributed by atoms with van der Waals surface area (Å²) in [6.45, 7) is 6.93. The molecule has 2 rings (SSSR count). The number of carbonyl (C=O) groups excluding carboxylic acids is 2. The minimum atomic E-state index is -0.530. The summed E-state index contributed by atoms with van der Waals surface area (Å²) in [6.07, 6.45) is 3.56. The van der Waals surface area contributed by atoms with E-state index >= 15 is 0 Å². The first-order chi connectivity index (χ1) is 11.8. The minimum absolute atomic E-state index is 0.259. The highest BCUT2D eigenvalue weighted by atomic mass is 16.6. The molecule has 1 aliphatic heterocycles. The van der Waals surface area contributed by atoms with Gasteiger partial charge < -0.3 is 9.64 Å². The highest BCUT2D eigenvalue weighted by molar-refractivity contribution is 5.88. The van der Waals surface area contributed by atoms with Gasteiger partial charge in [0.05, 0.1) is 25.0 Å². The predicted molar refractivity (Wildman–Crippen MR) is 91.6 cm³/mol. The fraction of sp³-hybridized carbons (Fsp3) is 0.647. The Balaban J connectivity index is 1.90. The summed E-state index contributed by atoms with van der Waals surface area (Å²) < 4.78 is 7.03. The Morgan fingerprint density at radius 1 is 1.48 bits per heavy atom. The van der Waals surface area contributed by atoms with E-state index in [2.05, 4.69) is 10.4 Å². The maximum Gasteiger partial charge on any atom is 0.323 e. The van der Waals surface area contributed by atoms with E-state index in [-0.39, 0.29) is 17.9 Å². The van der Waals surface area contributed by atoms with Crippen LogP contribution < -0.4 is 5.32 Å². The van der Waals surface area contributed by atoms with Crippen LogP contribution in [0.4, 0.5) is 10.6 Å². The fourth-order valence-corrected chi connectivity index (χ4v) is 2.65. The number of aryl methyl sites for hydroxylation is 1. The summed E-state index contributed by atoms with van der Waals surface area (Å²) in [5.74, 6) is -0.125. The average molecular weight is 347 g/mol. The van der Waals surface area contributed by atoms with E-state index in [1.807, 2.05) is 26.8 Å². The molecule has 0 aromatic carbocycles. The van der Waals surface area contributed by atoms with Gasteiger partial charge in [0.1, 0.15) is 5.60 Å². The molecule has 1 aromatic rings. The molecule has 0 bridgehead atoms. The third kappa shape index (κ3) is 5.78. The van der Waals surface area contributed by atoms with E-state index in [1.165, 1.54) is 0 Å². The number of aromatic nitrogens is 2. The number of likely N-dealkylation sites (tertiary alicyclic amines) is 1. The molecule has 1 aliphatic rings. The van der Waals surface area contributed by atoms with Crippen LogP contribution in [0.3, 0.4) is 0 Å². The van der Waals surface area contributed by atoms with Gasteiger partial charge in [-0.05, 0) is 33.6 Å². The van der Waals surface area contributed by atoms with Crippen LogP contribution in [0, 0.1) is 17.2 Å². The second kappa shape index (κ2) is 8.01. The standard InChI is InChI=1S/C17H25N5O3/c1-17(2,3)25-15(23)13-6-4-9-21(12-13)16(24)19-14-7-11-22(20-14)10-5-8-18/h7,11,13H,4-6,9-10,12H2,1-3H3,(H,19,20,24)/t13-/m0/s1. The van der Waals surface area contributed by atoms with Crippen molar-refractivity contribution in [3.05, 3.63) is 12.3 Å². The maximum absolute atomic E-state index is 12.4. The molecule has 0 spiro atoms. The molecule has 0 unspecified atom stereocenters. The molecule has 136 valence electrons. The second-order valence-electron chi connectivity index (χ2n) is 7.12. The van der Waals surface area contributed by atoms with Gasteiger partial charge in [-0.2, -0.15) is 10.4 Å². The summed E-state index contributed by atoms with van der Waals surface area (Å²) in [4.78, 5) is 26.2. The normalized spacial score (nSPS) is 17.7. The summed E-state index contributed by atoms with van der Waals surface area (Å²) >= 11 is 0. The van der Waals surface area contributed by atoms with Crippen LogP contribution in [0.1, 0.15) is 40.0 Å². The van der Waals surface area contributed by atoms with Crippen LogP contribution in [0.15, 0.2) is 12.3 Å². The zero-order chi connectivity index (χ0) is 18.4. The van der Waals surface area contributed by atoms with Gasteiger partial charge in [-0.1, -0.05) is 0 Å². The lowest BCUT2D eigenvalue weighted by molar-refractivity contribution is -0.161. The lowest BCUT2D eigenvalue weighted by Crippen LogP contribution is -2.45. The number of piperidine rings is 1. The van der Waals surface area contributed by atoms with Crippen molar-refractivity contribution >= 4 is 17.8 Å². The van der Waals surface area contributed by atoms with Gasteiger partial charge in [0.15, 0.2) is 5.82 Å². The smallest absolute Gasteiger partial charge is 0.323 e. The van der Waals surface area contributed by atoms with Crippen molar-refractivity contribution in [2.75, 3.05) is 18.4 Å². The lowest BCUT2D eigenvalue weighted by Gasteiger charge is -2.33. The monoisotopic (exact) mass is 347 g/mol. The van der Waals surface area contributed by atoms with Gasteiger partial charge in [-0.3, -0.25) is 14.8 Å². The molecule has 0 radical (unpaired) electrons. The molecule has 25 heavy (non-hydrogen) atoms. The molecule has 0 aliphatic carbocycles. The summed E-state index contributed by atoms with van der Waals surface area (Å²) in [5.41, 5.74) is -0.530. The van der Waals surface area contributed by atoms with E-state index in [0.29, 0.717) is 31.9 Å². The Hall–Kier alpha value is -2.56. The second-order valence-corrected chi connectivity index (χ2v) is 7.12. The SMILES string of the molecule is CC(C)(C)OC(=O)[C@H]1CCCN(C(=O)Nc2ccn(CCC#N)n2)C1. The van der Waals surface area contributed by atoms with E-state index in [4.69, 9.17) is 10.00 Å². The van der Waals surface area contributed by atoms with Crippen molar-refractivity contribution < 1.29 is 14.3 Å². The van der Waals surface area contributed by atoms with Crippen LogP contribution in [0.2, 0.25) is 0 Å². The van der Waals surface area contributed by atoms with Crippen molar-refractivity contribution in [2.24, 2.45) is 5.92 Å². The Bertz CT molecular complexity index is 656. The number of ether oxygens (including phenoxy) is 1. The van der Waals surface area contributed by atoms with Gasteiger partial charge >= 0.3 is 12.0 Å². The lowest BCUT2D eigenvalue weighted by atomic mass is 9.98. The summed E-state index contributed by atoms with van der Waals surface area (Å²) in [6, 6.07) is 3.46. The van der Waals surface area contributed by atoms with E-state index in [0.717, 1.165) is 12.8 Å². The molecule has 0 saturated carbocycles. The third-order valence-corrected chi connectivity index (χ3v) is 3.78.